The molecule has 4 nitrogen and oxygen atoms in total. The van der Waals surface area contributed by atoms with Crippen LogP contribution in [0.25, 0.3) is 0 Å². The Bertz CT molecular complexity index is 288. The maximum Gasteiger partial charge on any atom is 0.327 e. The quantitative estimate of drug-likeness (QED) is 0.610. The highest BCUT2D eigenvalue weighted by Crippen LogP contribution is 2.33. The van der Waals surface area contributed by atoms with Crippen molar-refractivity contribution in [1.82, 2.24) is 9.80 Å². The van der Waals surface area contributed by atoms with E-state index in [-0.39, 0.29) is 24.0 Å². The second-order valence-corrected chi connectivity index (χ2v) is 4.78. The van der Waals surface area contributed by atoms with Gasteiger partial charge in [0.05, 0.1) is 0 Å². The normalized spacial score (nSPS) is 31.9. The topological polar surface area (TPSA) is 40.6 Å². The molecule has 1 aliphatic carbocycles. The molecular formula is C11H16N2O2. The molecule has 0 bridgehead atoms. The van der Waals surface area contributed by atoms with E-state index in [1.54, 1.807) is 9.80 Å². The number of urea groups is 1. The van der Waals surface area contributed by atoms with E-state index in [9.17, 15) is 9.59 Å². The molecule has 0 aromatic heterocycles. The lowest BCUT2D eigenvalue weighted by atomic mass is 10.1. The molecular weight excluding hydrogens is 192 g/mol. The molecule has 3 amide bonds. The molecule has 0 radical (unpaired) electrons. The summed E-state index contributed by atoms with van der Waals surface area (Å²) in [5.41, 5.74) is 0. The fraction of sp³-hybridized carbons (Fsp3) is 0.818. The van der Waals surface area contributed by atoms with Gasteiger partial charge in [-0.2, -0.15) is 0 Å². The van der Waals surface area contributed by atoms with Crippen molar-refractivity contribution in [1.29, 1.82) is 0 Å². The third kappa shape index (κ3) is 1.20. The Labute approximate surface area is 89.2 Å². The molecule has 2 aliphatic heterocycles. The molecule has 2 heterocycles. The van der Waals surface area contributed by atoms with E-state index in [1.165, 1.54) is 0 Å². The van der Waals surface area contributed by atoms with Gasteiger partial charge in [-0.25, -0.2) is 4.79 Å². The van der Waals surface area contributed by atoms with Crippen LogP contribution in [0, 0.1) is 0 Å². The van der Waals surface area contributed by atoms with Crippen molar-refractivity contribution in [3.05, 3.63) is 0 Å². The third-order valence-corrected chi connectivity index (χ3v) is 3.92. The van der Waals surface area contributed by atoms with Gasteiger partial charge in [0.15, 0.2) is 0 Å². The van der Waals surface area contributed by atoms with Crippen molar-refractivity contribution in [3.63, 3.8) is 0 Å². The standard InChI is InChI=1S/C11H16N2O2/c14-10-9-6-3-7-12(9)11(15)13(10)8-4-1-2-5-8/h8-9H,1-7H2. The maximum absolute atomic E-state index is 12.0. The van der Waals surface area contributed by atoms with Crippen LogP contribution in [0.1, 0.15) is 38.5 Å². The third-order valence-electron chi connectivity index (χ3n) is 3.92. The van der Waals surface area contributed by atoms with Crippen LogP contribution in [0.5, 0.6) is 0 Å². The van der Waals surface area contributed by atoms with Gasteiger partial charge in [0.2, 0.25) is 0 Å². The van der Waals surface area contributed by atoms with E-state index >= 15 is 0 Å². The van der Waals surface area contributed by atoms with Crippen molar-refractivity contribution in [2.24, 2.45) is 0 Å². The molecule has 0 spiro atoms. The second-order valence-electron chi connectivity index (χ2n) is 4.78. The Morgan fingerprint density at radius 2 is 1.73 bits per heavy atom. The molecule has 1 unspecified atom stereocenters. The minimum absolute atomic E-state index is 0.0191. The van der Waals surface area contributed by atoms with E-state index in [1.807, 2.05) is 0 Å². The molecule has 15 heavy (non-hydrogen) atoms. The average molecular weight is 208 g/mol. The highest BCUT2D eigenvalue weighted by atomic mass is 16.2. The highest BCUT2D eigenvalue weighted by Gasteiger charge is 2.49. The number of amides is 3. The largest absolute Gasteiger partial charge is 0.327 e. The minimum Gasteiger partial charge on any atom is -0.312 e. The van der Waals surface area contributed by atoms with Gasteiger partial charge >= 0.3 is 6.03 Å². The van der Waals surface area contributed by atoms with Crippen LogP contribution in [-0.4, -0.2) is 40.4 Å². The van der Waals surface area contributed by atoms with Crippen molar-refractivity contribution < 1.29 is 9.59 Å². The van der Waals surface area contributed by atoms with Gasteiger partial charge in [0.25, 0.3) is 5.91 Å². The predicted molar refractivity (Wildman–Crippen MR) is 54.2 cm³/mol. The Morgan fingerprint density at radius 1 is 1.00 bits per heavy atom. The number of carbonyl (C=O) groups excluding carboxylic acids is 2. The Hall–Kier alpha value is -1.06. The summed E-state index contributed by atoms with van der Waals surface area (Å²) >= 11 is 0. The van der Waals surface area contributed by atoms with E-state index in [4.69, 9.17) is 0 Å². The molecule has 0 aromatic carbocycles. The number of rotatable bonds is 1. The smallest absolute Gasteiger partial charge is 0.312 e. The summed E-state index contributed by atoms with van der Waals surface area (Å²) in [6.07, 6.45) is 6.20. The Morgan fingerprint density at radius 3 is 2.40 bits per heavy atom. The van der Waals surface area contributed by atoms with Crippen LogP contribution in [0.4, 0.5) is 4.79 Å². The number of hydrogen-bond acceptors (Lipinski definition) is 2. The minimum atomic E-state index is -0.113. The van der Waals surface area contributed by atoms with E-state index in [0.717, 1.165) is 45.1 Å². The summed E-state index contributed by atoms with van der Waals surface area (Å²) in [6.45, 7) is 0.776. The van der Waals surface area contributed by atoms with Crippen LogP contribution in [0.15, 0.2) is 0 Å². The van der Waals surface area contributed by atoms with Crippen molar-refractivity contribution in [3.8, 4) is 0 Å². The van der Waals surface area contributed by atoms with Gasteiger partial charge in [0.1, 0.15) is 6.04 Å². The van der Waals surface area contributed by atoms with Crippen molar-refractivity contribution >= 4 is 11.9 Å². The first-order valence-electron chi connectivity index (χ1n) is 5.93. The van der Waals surface area contributed by atoms with Crippen LogP contribution >= 0.6 is 0 Å². The molecule has 1 atom stereocenters. The van der Waals surface area contributed by atoms with Gasteiger partial charge < -0.3 is 4.90 Å². The van der Waals surface area contributed by atoms with Gasteiger partial charge in [-0.05, 0) is 25.7 Å². The zero-order valence-corrected chi connectivity index (χ0v) is 8.82. The van der Waals surface area contributed by atoms with Gasteiger partial charge in [-0.15, -0.1) is 0 Å². The summed E-state index contributed by atoms with van der Waals surface area (Å²) in [5.74, 6) is 0.0735. The number of fused-ring (bicyclic) bond motifs is 1. The second kappa shape index (κ2) is 3.22. The predicted octanol–water partition coefficient (Wildman–Crippen LogP) is 1.36. The first kappa shape index (κ1) is 9.19. The average Bonchev–Trinajstić information content (AvgIpc) is 2.89. The molecule has 0 N–H and O–H groups in total. The fourth-order valence-electron chi connectivity index (χ4n) is 3.14. The summed E-state index contributed by atoms with van der Waals surface area (Å²) in [7, 11) is 0. The molecule has 82 valence electrons. The molecule has 3 fully saturated rings. The Balaban J connectivity index is 1.84. The molecule has 2 saturated heterocycles. The molecule has 1 saturated carbocycles. The summed E-state index contributed by atoms with van der Waals surface area (Å²) in [4.78, 5) is 27.4. The number of imide groups is 1. The zero-order valence-electron chi connectivity index (χ0n) is 8.82. The van der Waals surface area contributed by atoms with Crippen LogP contribution < -0.4 is 0 Å². The van der Waals surface area contributed by atoms with Crippen LogP contribution in [0.2, 0.25) is 0 Å². The summed E-state index contributed by atoms with van der Waals surface area (Å²) in [5, 5.41) is 0. The number of carbonyl (C=O) groups is 2. The van der Waals surface area contributed by atoms with Crippen molar-refractivity contribution in [2.75, 3.05) is 6.54 Å². The summed E-state index contributed by atoms with van der Waals surface area (Å²) in [6, 6.07) is 0.0723. The number of hydrogen-bond donors (Lipinski definition) is 0. The zero-order chi connectivity index (χ0) is 10.4. The highest BCUT2D eigenvalue weighted by molar-refractivity contribution is 6.04. The first-order chi connectivity index (χ1) is 7.29. The molecule has 0 aromatic rings. The Kier molecular flexibility index (Phi) is 1.97. The van der Waals surface area contributed by atoms with Crippen molar-refractivity contribution in [2.45, 2.75) is 50.6 Å². The summed E-state index contributed by atoms with van der Waals surface area (Å²) < 4.78 is 0. The van der Waals surface area contributed by atoms with Gasteiger partial charge in [-0.1, -0.05) is 12.8 Å². The number of nitrogens with zero attached hydrogens (tertiary/aromatic N) is 2. The van der Waals surface area contributed by atoms with Gasteiger partial charge in [-0.3, -0.25) is 9.69 Å². The van der Waals surface area contributed by atoms with Gasteiger partial charge in [0, 0.05) is 12.6 Å². The first-order valence-corrected chi connectivity index (χ1v) is 5.93. The lowest BCUT2D eigenvalue weighted by molar-refractivity contribution is -0.129. The SMILES string of the molecule is O=C1C2CCCN2C(=O)N1C1CCCC1. The lowest BCUT2D eigenvalue weighted by Crippen LogP contribution is -2.40. The van der Waals surface area contributed by atoms with Crippen LogP contribution in [-0.2, 0) is 4.79 Å². The monoisotopic (exact) mass is 208 g/mol. The molecule has 4 heteroatoms. The maximum atomic E-state index is 12.0. The van der Waals surface area contributed by atoms with Crippen LogP contribution in [0.3, 0.4) is 0 Å². The molecule has 3 rings (SSSR count). The molecule has 3 aliphatic rings. The lowest BCUT2D eigenvalue weighted by Gasteiger charge is -2.21. The fourth-order valence-corrected chi connectivity index (χ4v) is 3.14. The van der Waals surface area contributed by atoms with E-state index < -0.39 is 0 Å². The van der Waals surface area contributed by atoms with E-state index in [0.29, 0.717) is 0 Å². The van der Waals surface area contributed by atoms with E-state index in [2.05, 4.69) is 0 Å².